The van der Waals surface area contributed by atoms with Crippen molar-refractivity contribution in [2.24, 2.45) is 11.1 Å². The molecule has 0 saturated carbocycles. The maximum atomic E-state index is 5.65. The first-order valence-corrected chi connectivity index (χ1v) is 5.81. The molecule has 1 heterocycles. The van der Waals surface area contributed by atoms with Crippen molar-refractivity contribution in [3.8, 4) is 0 Å². The quantitative estimate of drug-likeness (QED) is 0.687. The van der Waals surface area contributed by atoms with Crippen LogP contribution in [-0.4, -0.2) is 9.97 Å². The zero-order valence-electron chi connectivity index (χ0n) is 8.25. The molecule has 0 fully saturated rings. The molecule has 0 radical (unpaired) electrons. The molecule has 0 bridgehead atoms. The van der Waals surface area contributed by atoms with E-state index in [0.29, 0.717) is 4.99 Å². The number of aromatic nitrogens is 1. The van der Waals surface area contributed by atoms with Crippen LogP contribution >= 0.6 is 34.8 Å². The summed E-state index contributed by atoms with van der Waals surface area (Å²) in [6.45, 7) is 4.07. The normalized spacial score (nSPS) is 11.4. The molecule has 1 rings (SSSR count). The number of hydrogen-bond acceptors (Lipinski definition) is 2. The number of pyridine rings is 1. The lowest BCUT2D eigenvalue weighted by molar-refractivity contribution is 0.516. The third kappa shape index (κ3) is 3.16. The lowest BCUT2D eigenvalue weighted by Crippen LogP contribution is -2.32. The van der Waals surface area contributed by atoms with Crippen LogP contribution in [0.4, 0.5) is 0 Å². The lowest BCUT2D eigenvalue weighted by Gasteiger charge is -2.22. The topological polar surface area (TPSA) is 38.9 Å². The van der Waals surface area contributed by atoms with E-state index < -0.39 is 0 Å². The molecule has 1 aromatic heterocycles. The van der Waals surface area contributed by atoms with Crippen molar-refractivity contribution >= 4 is 39.8 Å². The third-order valence-electron chi connectivity index (χ3n) is 2.08. The predicted octanol–water partition coefficient (Wildman–Crippen LogP) is 2.54. The molecule has 4 heteroatoms. The first-order valence-electron chi connectivity index (χ1n) is 4.32. The van der Waals surface area contributed by atoms with Crippen molar-refractivity contribution < 1.29 is 0 Å². The molecule has 0 aliphatic rings. The molecular formula is C10H13IN2S. The Morgan fingerprint density at radius 3 is 2.64 bits per heavy atom. The van der Waals surface area contributed by atoms with E-state index in [2.05, 4.69) is 27.6 Å². The van der Waals surface area contributed by atoms with Crippen LogP contribution in [0.1, 0.15) is 19.5 Å². The molecule has 14 heavy (non-hydrogen) atoms. The molecule has 2 N–H and O–H groups in total. The van der Waals surface area contributed by atoms with Crippen molar-refractivity contribution in [3.63, 3.8) is 0 Å². The van der Waals surface area contributed by atoms with Gasteiger partial charge in [-0.15, -0.1) is 0 Å². The highest BCUT2D eigenvalue weighted by atomic mass is 127. The van der Waals surface area contributed by atoms with Gasteiger partial charge in [-0.05, 0) is 34.7 Å². The van der Waals surface area contributed by atoms with Crippen LogP contribution in [0.3, 0.4) is 0 Å². The van der Waals surface area contributed by atoms with Crippen LogP contribution in [0.2, 0.25) is 0 Å². The molecular weight excluding hydrogens is 307 g/mol. The van der Waals surface area contributed by atoms with Crippen LogP contribution in [0.25, 0.3) is 0 Å². The molecule has 76 valence electrons. The van der Waals surface area contributed by atoms with E-state index in [-0.39, 0.29) is 5.41 Å². The first-order chi connectivity index (χ1) is 6.42. The zero-order valence-corrected chi connectivity index (χ0v) is 11.2. The summed E-state index contributed by atoms with van der Waals surface area (Å²) in [4.78, 5) is 4.86. The minimum Gasteiger partial charge on any atom is -0.393 e. The molecule has 0 aromatic carbocycles. The Hall–Kier alpha value is -0.230. The summed E-state index contributed by atoms with van der Waals surface area (Å²) in [6, 6.07) is 4.06. The van der Waals surface area contributed by atoms with Gasteiger partial charge in [0.2, 0.25) is 0 Å². The zero-order chi connectivity index (χ0) is 10.8. The van der Waals surface area contributed by atoms with Gasteiger partial charge in [0.25, 0.3) is 0 Å². The number of halogens is 1. The molecule has 2 nitrogen and oxygen atoms in total. The summed E-state index contributed by atoms with van der Waals surface area (Å²) in [5.74, 6) is 0. The number of rotatable bonds is 3. The Bertz CT molecular complexity index is 332. The smallest absolute Gasteiger partial charge is 0.0788 e. The van der Waals surface area contributed by atoms with E-state index >= 15 is 0 Å². The maximum Gasteiger partial charge on any atom is 0.0788 e. The Balaban J connectivity index is 2.79. The summed E-state index contributed by atoms with van der Waals surface area (Å²) in [5.41, 5.74) is 6.52. The highest BCUT2D eigenvalue weighted by Crippen LogP contribution is 2.21. The van der Waals surface area contributed by atoms with E-state index in [9.17, 15) is 0 Å². The summed E-state index contributed by atoms with van der Waals surface area (Å²) in [6.07, 6.45) is 2.64. The molecule has 1 aromatic rings. The molecule has 0 aliphatic heterocycles. The molecule has 0 atom stereocenters. The van der Waals surface area contributed by atoms with Gasteiger partial charge < -0.3 is 5.73 Å². The number of hydrogen-bond donors (Lipinski definition) is 1. The Kier molecular flexibility index (Phi) is 3.83. The van der Waals surface area contributed by atoms with Crippen molar-refractivity contribution in [1.29, 1.82) is 0 Å². The third-order valence-corrected chi connectivity index (χ3v) is 3.27. The van der Waals surface area contributed by atoms with Crippen LogP contribution in [0.5, 0.6) is 0 Å². The van der Waals surface area contributed by atoms with E-state index in [1.807, 2.05) is 32.2 Å². The van der Waals surface area contributed by atoms with Crippen molar-refractivity contribution in [2.75, 3.05) is 0 Å². The highest BCUT2D eigenvalue weighted by molar-refractivity contribution is 14.1. The molecule has 0 saturated heterocycles. The average molecular weight is 320 g/mol. The number of nitrogens with two attached hydrogens (primary N) is 1. The second-order valence-electron chi connectivity index (χ2n) is 3.89. The summed E-state index contributed by atoms with van der Waals surface area (Å²) in [5, 5.41) is 0. The monoisotopic (exact) mass is 320 g/mol. The first kappa shape index (κ1) is 11.8. The predicted molar refractivity (Wildman–Crippen MR) is 71.2 cm³/mol. The summed E-state index contributed by atoms with van der Waals surface area (Å²) in [7, 11) is 0. The van der Waals surface area contributed by atoms with E-state index in [0.717, 1.165) is 15.7 Å². The minimum absolute atomic E-state index is 0.158. The molecule has 0 aliphatic carbocycles. The van der Waals surface area contributed by atoms with Crippen LogP contribution in [-0.2, 0) is 6.42 Å². The second-order valence-corrected chi connectivity index (χ2v) is 5.58. The Morgan fingerprint density at radius 1 is 1.57 bits per heavy atom. The van der Waals surface area contributed by atoms with Gasteiger partial charge in [0.1, 0.15) is 0 Å². The largest absolute Gasteiger partial charge is 0.393 e. The van der Waals surface area contributed by atoms with Gasteiger partial charge in [-0.3, -0.25) is 4.98 Å². The van der Waals surface area contributed by atoms with Gasteiger partial charge in [-0.2, -0.15) is 0 Å². The van der Waals surface area contributed by atoms with Crippen molar-refractivity contribution in [2.45, 2.75) is 20.3 Å². The maximum absolute atomic E-state index is 5.65. The van der Waals surface area contributed by atoms with Gasteiger partial charge in [-0.1, -0.05) is 26.1 Å². The highest BCUT2D eigenvalue weighted by Gasteiger charge is 2.22. The molecule has 0 unspecified atom stereocenters. The van der Waals surface area contributed by atoms with Gasteiger partial charge in [-0.25, -0.2) is 0 Å². The van der Waals surface area contributed by atoms with Gasteiger partial charge in [0.15, 0.2) is 0 Å². The summed E-state index contributed by atoms with van der Waals surface area (Å²) >= 11 is 7.24. The van der Waals surface area contributed by atoms with E-state index in [1.54, 1.807) is 0 Å². The van der Waals surface area contributed by atoms with Gasteiger partial charge in [0.05, 0.1) is 4.99 Å². The van der Waals surface area contributed by atoms with Gasteiger partial charge >= 0.3 is 0 Å². The van der Waals surface area contributed by atoms with Crippen molar-refractivity contribution in [3.05, 3.63) is 27.6 Å². The van der Waals surface area contributed by atoms with Crippen molar-refractivity contribution in [1.82, 2.24) is 4.98 Å². The van der Waals surface area contributed by atoms with Crippen LogP contribution < -0.4 is 5.73 Å². The Labute approximate surface area is 103 Å². The fourth-order valence-corrected chi connectivity index (χ4v) is 1.44. The summed E-state index contributed by atoms with van der Waals surface area (Å²) < 4.78 is 1.14. The lowest BCUT2D eigenvalue weighted by atomic mass is 9.88. The Morgan fingerprint density at radius 2 is 2.21 bits per heavy atom. The SMILES string of the molecule is CC(C)(Cc1ccc(I)cn1)C(N)=S. The number of nitrogens with zero attached hydrogens (tertiary/aromatic N) is 1. The average Bonchev–Trinajstić information content (AvgIpc) is 2.08. The van der Waals surface area contributed by atoms with E-state index in [1.165, 1.54) is 0 Å². The number of thiocarbonyl (C=S) groups is 1. The fraction of sp³-hybridized carbons (Fsp3) is 0.400. The second kappa shape index (κ2) is 4.53. The van der Waals surface area contributed by atoms with Crippen LogP contribution in [0.15, 0.2) is 18.3 Å². The van der Waals surface area contributed by atoms with Crippen LogP contribution in [0, 0.1) is 8.99 Å². The van der Waals surface area contributed by atoms with E-state index in [4.69, 9.17) is 18.0 Å². The van der Waals surface area contributed by atoms with Gasteiger partial charge in [0, 0.05) is 27.3 Å². The molecule has 0 spiro atoms. The molecule has 0 amide bonds. The fourth-order valence-electron chi connectivity index (χ4n) is 1.05. The minimum atomic E-state index is -0.158. The standard InChI is InChI=1S/C10H13IN2S/c1-10(2,9(12)14)5-8-4-3-7(11)6-13-8/h3-4,6H,5H2,1-2H3,(H2,12,14).